The van der Waals surface area contributed by atoms with Crippen LogP contribution in [-0.2, 0) is 0 Å². The zero-order chi connectivity index (χ0) is 18.4. The molecular formula is C20H19FN6. The van der Waals surface area contributed by atoms with Crippen molar-refractivity contribution in [2.45, 2.75) is 19.0 Å². The lowest BCUT2D eigenvalue weighted by Crippen LogP contribution is -2.26. The van der Waals surface area contributed by atoms with E-state index >= 15 is 0 Å². The molecule has 1 aromatic carbocycles. The third-order valence-electron chi connectivity index (χ3n) is 5.05. The van der Waals surface area contributed by atoms with Gasteiger partial charge in [0.2, 0.25) is 0 Å². The van der Waals surface area contributed by atoms with Gasteiger partial charge in [-0.2, -0.15) is 5.10 Å². The summed E-state index contributed by atoms with van der Waals surface area (Å²) in [5, 5.41) is 12.7. The molecular weight excluding hydrogens is 343 g/mol. The monoisotopic (exact) mass is 362 g/mol. The minimum Gasteiger partial charge on any atom is -0.353 e. The first-order valence-corrected chi connectivity index (χ1v) is 8.98. The molecule has 6 nitrogen and oxygen atoms in total. The lowest BCUT2D eigenvalue weighted by Gasteiger charge is -2.20. The molecule has 3 aromatic heterocycles. The van der Waals surface area contributed by atoms with Crippen LogP contribution in [0.4, 0.5) is 21.7 Å². The molecule has 0 amide bonds. The molecule has 1 aliphatic rings. The van der Waals surface area contributed by atoms with Crippen molar-refractivity contribution < 1.29 is 4.39 Å². The zero-order valence-electron chi connectivity index (χ0n) is 14.9. The van der Waals surface area contributed by atoms with Crippen LogP contribution >= 0.6 is 0 Å². The summed E-state index contributed by atoms with van der Waals surface area (Å²) in [7, 11) is 0. The highest BCUT2D eigenvalue weighted by Crippen LogP contribution is 2.33. The van der Waals surface area contributed by atoms with Crippen LogP contribution in [0.2, 0.25) is 0 Å². The van der Waals surface area contributed by atoms with E-state index in [1.165, 1.54) is 0 Å². The lowest BCUT2D eigenvalue weighted by molar-refractivity contribution is 0.221. The first-order chi connectivity index (χ1) is 13.1. The number of fused-ring (bicyclic) bond motifs is 2. The molecule has 1 atom stereocenters. The maximum atomic E-state index is 14.3. The SMILES string of the molecule is CC1(F)CCN(c2nccc3cc(Nc4n[nH]c5cccnc45)ccc23)C1. The van der Waals surface area contributed by atoms with E-state index in [1.54, 1.807) is 19.3 Å². The number of hydrogen-bond donors (Lipinski definition) is 2. The van der Waals surface area contributed by atoms with Crippen LogP contribution in [0.25, 0.3) is 21.8 Å². The van der Waals surface area contributed by atoms with E-state index in [1.807, 2.05) is 35.2 Å². The fourth-order valence-corrected chi connectivity index (χ4v) is 3.67. The van der Waals surface area contributed by atoms with Crippen LogP contribution in [-0.4, -0.2) is 38.9 Å². The number of alkyl halides is 1. The van der Waals surface area contributed by atoms with Crippen LogP contribution in [0.15, 0.2) is 48.8 Å². The smallest absolute Gasteiger partial charge is 0.178 e. The number of benzene rings is 1. The van der Waals surface area contributed by atoms with Gasteiger partial charge in [-0.05, 0) is 48.7 Å². The maximum Gasteiger partial charge on any atom is 0.178 e. The van der Waals surface area contributed by atoms with Gasteiger partial charge in [-0.1, -0.05) is 0 Å². The number of aromatic nitrogens is 4. The molecule has 2 N–H and O–H groups in total. The molecule has 0 saturated carbocycles. The molecule has 27 heavy (non-hydrogen) atoms. The molecule has 136 valence electrons. The fourth-order valence-electron chi connectivity index (χ4n) is 3.67. The summed E-state index contributed by atoms with van der Waals surface area (Å²) in [5.74, 6) is 1.53. The van der Waals surface area contributed by atoms with Crippen molar-refractivity contribution in [1.82, 2.24) is 20.2 Å². The van der Waals surface area contributed by atoms with Crippen molar-refractivity contribution in [2.75, 3.05) is 23.3 Å². The lowest BCUT2D eigenvalue weighted by atomic mass is 10.1. The Morgan fingerprint density at radius 3 is 2.96 bits per heavy atom. The second kappa shape index (κ2) is 5.90. The Labute approximate surface area is 155 Å². The molecule has 0 spiro atoms. The van der Waals surface area contributed by atoms with Crippen LogP contribution in [0.3, 0.4) is 0 Å². The van der Waals surface area contributed by atoms with Crippen molar-refractivity contribution in [2.24, 2.45) is 0 Å². The molecule has 1 fully saturated rings. The number of rotatable bonds is 3. The Balaban J connectivity index is 1.49. The topological polar surface area (TPSA) is 69.7 Å². The highest BCUT2D eigenvalue weighted by atomic mass is 19.1. The molecule has 0 aliphatic carbocycles. The van der Waals surface area contributed by atoms with Gasteiger partial charge in [0.05, 0.1) is 12.1 Å². The number of hydrogen-bond acceptors (Lipinski definition) is 5. The van der Waals surface area contributed by atoms with E-state index in [-0.39, 0.29) is 0 Å². The van der Waals surface area contributed by atoms with Gasteiger partial charge in [-0.25, -0.2) is 9.37 Å². The third kappa shape index (κ3) is 2.85. The minimum atomic E-state index is -1.15. The van der Waals surface area contributed by atoms with E-state index in [0.717, 1.165) is 33.3 Å². The number of H-pyrrole nitrogens is 1. The highest BCUT2D eigenvalue weighted by molar-refractivity contribution is 5.95. The number of nitrogens with one attached hydrogen (secondary N) is 2. The molecule has 4 aromatic rings. The molecule has 1 saturated heterocycles. The van der Waals surface area contributed by atoms with E-state index in [4.69, 9.17) is 0 Å². The van der Waals surface area contributed by atoms with Gasteiger partial charge in [-0.15, -0.1) is 0 Å². The summed E-state index contributed by atoms with van der Waals surface area (Å²) < 4.78 is 14.3. The molecule has 0 radical (unpaired) electrons. The van der Waals surface area contributed by atoms with Gasteiger partial charge in [0.25, 0.3) is 0 Å². The van der Waals surface area contributed by atoms with Crippen molar-refractivity contribution >= 4 is 39.1 Å². The molecule has 0 bridgehead atoms. The van der Waals surface area contributed by atoms with Gasteiger partial charge in [0, 0.05) is 36.4 Å². The Hall–Kier alpha value is -3.22. The highest BCUT2D eigenvalue weighted by Gasteiger charge is 2.34. The van der Waals surface area contributed by atoms with E-state index in [9.17, 15) is 4.39 Å². The Morgan fingerprint density at radius 2 is 2.11 bits per heavy atom. The van der Waals surface area contributed by atoms with Crippen LogP contribution in [0, 0.1) is 0 Å². The van der Waals surface area contributed by atoms with Gasteiger partial charge in [0.1, 0.15) is 17.0 Å². The van der Waals surface area contributed by atoms with Gasteiger partial charge >= 0.3 is 0 Å². The van der Waals surface area contributed by atoms with Crippen molar-refractivity contribution in [3.05, 3.63) is 48.8 Å². The van der Waals surface area contributed by atoms with E-state index in [2.05, 4.69) is 31.5 Å². The predicted octanol–water partition coefficient (Wildman–Crippen LogP) is 4.19. The summed E-state index contributed by atoms with van der Waals surface area (Å²) in [6.45, 7) is 2.72. The number of aromatic amines is 1. The standard InChI is InChI=1S/C20H19FN6/c1-20(21)7-10-27(12-20)19-15-5-4-14(11-13(15)6-9-23-19)24-18-17-16(25-26-18)3-2-8-22-17/h2-6,8-9,11H,7,10,12H2,1H3,(H2,24,25,26). The second-order valence-electron chi connectivity index (χ2n) is 7.25. The Morgan fingerprint density at radius 1 is 1.19 bits per heavy atom. The quantitative estimate of drug-likeness (QED) is 0.572. The number of halogens is 1. The largest absolute Gasteiger partial charge is 0.353 e. The fraction of sp³-hybridized carbons (Fsp3) is 0.250. The van der Waals surface area contributed by atoms with Crippen LogP contribution in [0.5, 0.6) is 0 Å². The van der Waals surface area contributed by atoms with Gasteiger partial charge < -0.3 is 10.2 Å². The summed E-state index contributed by atoms with van der Waals surface area (Å²) >= 11 is 0. The molecule has 1 aliphatic heterocycles. The number of pyridine rings is 2. The van der Waals surface area contributed by atoms with Crippen LogP contribution in [0.1, 0.15) is 13.3 Å². The predicted molar refractivity (Wildman–Crippen MR) is 105 cm³/mol. The normalized spacial score (nSPS) is 19.9. The van der Waals surface area contributed by atoms with Crippen LogP contribution < -0.4 is 10.2 Å². The van der Waals surface area contributed by atoms with Crippen molar-refractivity contribution in [3.63, 3.8) is 0 Å². The second-order valence-corrected chi connectivity index (χ2v) is 7.25. The first-order valence-electron chi connectivity index (χ1n) is 8.98. The van der Waals surface area contributed by atoms with Crippen molar-refractivity contribution in [3.8, 4) is 0 Å². The average Bonchev–Trinajstić information content (AvgIpc) is 3.24. The van der Waals surface area contributed by atoms with E-state index < -0.39 is 5.67 Å². The van der Waals surface area contributed by atoms with E-state index in [0.29, 0.717) is 25.3 Å². The third-order valence-corrected chi connectivity index (χ3v) is 5.05. The summed E-state index contributed by atoms with van der Waals surface area (Å²) in [4.78, 5) is 10.9. The summed E-state index contributed by atoms with van der Waals surface area (Å²) in [6, 6.07) is 11.8. The summed E-state index contributed by atoms with van der Waals surface area (Å²) in [5.41, 5.74) is 1.44. The average molecular weight is 362 g/mol. The molecule has 4 heterocycles. The molecule has 1 unspecified atom stereocenters. The number of nitrogens with zero attached hydrogens (tertiary/aromatic N) is 4. The first kappa shape index (κ1) is 16.0. The zero-order valence-corrected chi connectivity index (χ0v) is 14.9. The van der Waals surface area contributed by atoms with Gasteiger partial charge in [0.15, 0.2) is 5.82 Å². The molecule has 7 heteroatoms. The Bertz CT molecular complexity index is 1140. The maximum absolute atomic E-state index is 14.3. The summed E-state index contributed by atoms with van der Waals surface area (Å²) in [6.07, 6.45) is 4.06. The minimum absolute atomic E-state index is 0.379. The molecule has 5 rings (SSSR count). The van der Waals surface area contributed by atoms with Gasteiger partial charge in [-0.3, -0.25) is 10.1 Å². The Kier molecular flexibility index (Phi) is 3.50. The number of anilines is 3. The van der Waals surface area contributed by atoms with Crippen molar-refractivity contribution in [1.29, 1.82) is 0 Å².